The molecule has 0 bridgehead atoms. The minimum absolute atomic E-state index is 0.442. The maximum atomic E-state index is 5.98. The SMILES string of the molecule is Clc1cc(N(Cc2ccccc2)Cc2nccs2)ncn1. The minimum atomic E-state index is 0.442. The van der Waals surface area contributed by atoms with E-state index in [1.54, 1.807) is 17.4 Å². The van der Waals surface area contributed by atoms with Gasteiger partial charge in [-0.1, -0.05) is 41.9 Å². The number of aromatic nitrogens is 3. The zero-order valence-electron chi connectivity index (χ0n) is 11.2. The van der Waals surface area contributed by atoms with Crippen molar-refractivity contribution in [2.24, 2.45) is 0 Å². The van der Waals surface area contributed by atoms with E-state index in [0.717, 1.165) is 17.4 Å². The van der Waals surface area contributed by atoms with Gasteiger partial charge in [0.15, 0.2) is 0 Å². The van der Waals surface area contributed by atoms with E-state index in [9.17, 15) is 0 Å². The molecule has 0 saturated heterocycles. The predicted octanol–water partition coefficient (Wildman–Crippen LogP) is 3.79. The summed E-state index contributed by atoms with van der Waals surface area (Å²) in [6, 6.07) is 12.0. The molecule has 0 saturated carbocycles. The number of benzene rings is 1. The zero-order valence-corrected chi connectivity index (χ0v) is 12.8. The first-order valence-corrected chi connectivity index (χ1v) is 7.72. The largest absolute Gasteiger partial charge is 0.345 e. The van der Waals surface area contributed by atoms with Gasteiger partial charge in [0.1, 0.15) is 22.3 Å². The third-order valence-electron chi connectivity index (χ3n) is 2.97. The van der Waals surface area contributed by atoms with Crippen LogP contribution in [-0.2, 0) is 13.1 Å². The second-order valence-electron chi connectivity index (χ2n) is 4.47. The van der Waals surface area contributed by atoms with Crippen molar-refractivity contribution in [2.45, 2.75) is 13.1 Å². The third kappa shape index (κ3) is 3.77. The van der Waals surface area contributed by atoms with Crippen LogP contribution in [0.15, 0.2) is 54.3 Å². The highest BCUT2D eigenvalue weighted by Crippen LogP contribution is 2.20. The van der Waals surface area contributed by atoms with E-state index in [2.05, 4.69) is 32.0 Å². The van der Waals surface area contributed by atoms with Gasteiger partial charge in [-0.2, -0.15) is 0 Å². The van der Waals surface area contributed by atoms with Crippen molar-refractivity contribution in [1.29, 1.82) is 0 Å². The monoisotopic (exact) mass is 316 g/mol. The molecule has 1 aromatic carbocycles. The maximum Gasteiger partial charge on any atom is 0.134 e. The highest BCUT2D eigenvalue weighted by atomic mass is 35.5. The van der Waals surface area contributed by atoms with Crippen molar-refractivity contribution in [3.8, 4) is 0 Å². The van der Waals surface area contributed by atoms with Gasteiger partial charge in [-0.3, -0.25) is 0 Å². The number of nitrogens with zero attached hydrogens (tertiary/aromatic N) is 4. The molecule has 0 atom stereocenters. The Morgan fingerprint density at radius 1 is 1.05 bits per heavy atom. The van der Waals surface area contributed by atoms with Gasteiger partial charge in [-0.15, -0.1) is 11.3 Å². The first kappa shape index (κ1) is 14.0. The van der Waals surface area contributed by atoms with Gasteiger partial charge in [-0.25, -0.2) is 15.0 Å². The summed E-state index contributed by atoms with van der Waals surface area (Å²) in [5.74, 6) is 0.800. The summed E-state index contributed by atoms with van der Waals surface area (Å²) in [6.07, 6.45) is 3.30. The lowest BCUT2D eigenvalue weighted by Crippen LogP contribution is -2.23. The van der Waals surface area contributed by atoms with Crippen LogP contribution in [0.4, 0.5) is 5.82 Å². The Morgan fingerprint density at radius 3 is 2.62 bits per heavy atom. The van der Waals surface area contributed by atoms with Crippen molar-refractivity contribution in [3.05, 3.63) is 70.0 Å². The molecule has 0 aliphatic carbocycles. The Bertz CT molecular complexity index is 688. The predicted molar refractivity (Wildman–Crippen MR) is 85.5 cm³/mol. The standard InChI is InChI=1S/C15H13ClN4S/c16-13-8-14(19-11-18-13)20(10-15-17-6-7-21-15)9-12-4-2-1-3-5-12/h1-8,11H,9-10H2. The summed E-state index contributed by atoms with van der Waals surface area (Å²) in [7, 11) is 0. The first-order valence-electron chi connectivity index (χ1n) is 6.46. The minimum Gasteiger partial charge on any atom is -0.345 e. The van der Waals surface area contributed by atoms with Crippen LogP contribution in [0, 0.1) is 0 Å². The molecule has 21 heavy (non-hydrogen) atoms. The summed E-state index contributed by atoms with van der Waals surface area (Å²) in [5.41, 5.74) is 1.21. The van der Waals surface area contributed by atoms with Crippen molar-refractivity contribution < 1.29 is 0 Å². The summed E-state index contributed by atoms with van der Waals surface area (Å²) < 4.78 is 0. The Hall–Kier alpha value is -1.98. The van der Waals surface area contributed by atoms with E-state index in [1.165, 1.54) is 11.9 Å². The highest BCUT2D eigenvalue weighted by molar-refractivity contribution is 7.09. The van der Waals surface area contributed by atoms with Crippen molar-refractivity contribution in [3.63, 3.8) is 0 Å². The van der Waals surface area contributed by atoms with Gasteiger partial charge in [0.25, 0.3) is 0 Å². The molecule has 0 fully saturated rings. The van der Waals surface area contributed by atoms with E-state index >= 15 is 0 Å². The summed E-state index contributed by atoms with van der Waals surface area (Å²) in [4.78, 5) is 14.8. The lowest BCUT2D eigenvalue weighted by Gasteiger charge is -2.22. The molecule has 0 radical (unpaired) electrons. The van der Waals surface area contributed by atoms with Gasteiger partial charge in [0.05, 0.1) is 6.54 Å². The second-order valence-corrected chi connectivity index (χ2v) is 5.83. The van der Waals surface area contributed by atoms with Crippen LogP contribution in [-0.4, -0.2) is 15.0 Å². The molecule has 0 spiro atoms. The fourth-order valence-corrected chi connectivity index (χ4v) is 2.79. The Labute approximate surface area is 132 Å². The molecule has 0 N–H and O–H groups in total. The smallest absolute Gasteiger partial charge is 0.134 e. The van der Waals surface area contributed by atoms with Gasteiger partial charge >= 0.3 is 0 Å². The molecule has 106 valence electrons. The van der Waals surface area contributed by atoms with Gasteiger partial charge in [0, 0.05) is 24.2 Å². The highest BCUT2D eigenvalue weighted by Gasteiger charge is 2.12. The van der Waals surface area contributed by atoms with E-state index in [1.807, 2.05) is 29.8 Å². The molecule has 2 heterocycles. The average Bonchev–Trinajstić information content (AvgIpc) is 3.01. The molecule has 0 aliphatic heterocycles. The number of hydrogen-bond acceptors (Lipinski definition) is 5. The van der Waals surface area contributed by atoms with E-state index < -0.39 is 0 Å². The quantitative estimate of drug-likeness (QED) is 0.672. The molecule has 0 aliphatic rings. The molecular weight excluding hydrogens is 304 g/mol. The number of anilines is 1. The average molecular weight is 317 g/mol. The number of rotatable bonds is 5. The molecular formula is C15H13ClN4S. The van der Waals surface area contributed by atoms with Crippen LogP contribution in [0.25, 0.3) is 0 Å². The normalized spacial score (nSPS) is 10.5. The fourth-order valence-electron chi connectivity index (χ4n) is 2.01. The Kier molecular flexibility index (Phi) is 4.43. The van der Waals surface area contributed by atoms with E-state index in [4.69, 9.17) is 11.6 Å². The molecule has 4 nitrogen and oxygen atoms in total. The Balaban J connectivity index is 1.87. The number of hydrogen-bond donors (Lipinski definition) is 0. The van der Waals surface area contributed by atoms with Crippen molar-refractivity contribution in [2.75, 3.05) is 4.90 Å². The van der Waals surface area contributed by atoms with Crippen LogP contribution >= 0.6 is 22.9 Å². The van der Waals surface area contributed by atoms with Gasteiger partial charge < -0.3 is 4.90 Å². The topological polar surface area (TPSA) is 41.9 Å². The first-order chi connectivity index (χ1) is 10.3. The summed E-state index contributed by atoms with van der Waals surface area (Å²) >= 11 is 7.61. The summed E-state index contributed by atoms with van der Waals surface area (Å²) in [6.45, 7) is 1.44. The summed E-state index contributed by atoms with van der Waals surface area (Å²) in [5, 5.41) is 3.46. The van der Waals surface area contributed by atoms with Crippen LogP contribution in [0.1, 0.15) is 10.6 Å². The molecule has 0 amide bonds. The molecule has 0 unspecified atom stereocenters. The van der Waals surface area contributed by atoms with Crippen LogP contribution in [0.3, 0.4) is 0 Å². The molecule has 2 aromatic heterocycles. The van der Waals surface area contributed by atoms with Gasteiger partial charge in [0.2, 0.25) is 0 Å². The van der Waals surface area contributed by atoms with Crippen LogP contribution < -0.4 is 4.90 Å². The van der Waals surface area contributed by atoms with E-state index in [0.29, 0.717) is 11.7 Å². The molecule has 3 rings (SSSR count). The van der Waals surface area contributed by atoms with Crippen molar-refractivity contribution in [1.82, 2.24) is 15.0 Å². The third-order valence-corrected chi connectivity index (χ3v) is 3.94. The fraction of sp³-hybridized carbons (Fsp3) is 0.133. The molecule has 3 aromatic rings. The lowest BCUT2D eigenvalue weighted by molar-refractivity contribution is 0.776. The lowest BCUT2D eigenvalue weighted by atomic mass is 10.2. The second kappa shape index (κ2) is 6.65. The number of thiazole rings is 1. The number of halogens is 1. The molecule has 6 heteroatoms. The Morgan fingerprint density at radius 2 is 1.90 bits per heavy atom. The van der Waals surface area contributed by atoms with Crippen molar-refractivity contribution >= 4 is 28.8 Å². The zero-order chi connectivity index (χ0) is 14.5. The van der Waals surface area contributed by atoms with Crippen LogP contribution in [0.5, 0.6) is 0 Å². The van der Waals surface area contributed by atoms with E-state index in [-0.39, 0.29) is 0 Å². The van der Waals surface area contributed by atoms with Crippen LogP contribution in [0.2, 0.25) is 5.15 Å². The maximum absolute atomic E-state index is 5.98. The van der Waals surface area contributed by atoms with Gasteiger partial charge in [-0.05, 0) is 5.56 Å².